The lowest BCUT2D eigenvalue weighted by molar-refractivity contribution is 0.632. The van der Waals surface area contributed by atoms with Crippen molar-refractivity contribution in [3.8, 4) is 11.3 Å². The van der Waals surface area contributed by atoms with Crippen LogP contribution in [0.1, 0.15) is 22.9 Å². The summed E-state index contributed by atoms with van der Waals surface area (Å²) in [5.74, 6) is 0.802. The molecule has 5 N–H and O–H groups in total. The molecule has 1 aliphatic carbocycles. The van der Waals surface area contributed by atoms with E-state index in [1.165, 1.54) is 23.3 Å². The first-order valence-electron chi connectivity index (χ1n) is 8.74. The molecule has 0 radical (unpaired) electrons. The van der Waals surface area contributed by atoms with E-state index in [9.17, 15) is 4.39 Å². The minimum absolute atomic E-state index is 0. The van der Waals surface area contributed by atoms with Crippen LogP contribution in [0.5, 0.6) is 0 Å². The van der Waals surface area contributed by atoms with Gasteiger partial charge < -0.3 is 11.5 Å². The highest BCUT2D eigenvalue weighted by molar-refractivity contribution is 5.98. The van der Waals surface area contributed by atoms with E-state index in [1.807, 2.05) is 0 Å². The van der Waals surface area contributed by atoms with Gasteiger partial charge in [-0.15, -0.1) is 12.4 Å². The van der Waals surface area contributed by atoms with Gasteiger partial charge >= 0.3 is 0 Å². The number of H-pyrrole nitrogens is 1. The second-order valence-electron chi connectivity index (χ2n) is 6.87. The Balaban J connectivity index is 0.00000192. The minimum atomic E-state index is -0.467. The molecule has 2 aromatic carbocycles. The number of nitrogen functional groups attached to an aromatic ring is 2. The highest BCUT2D eigenvalue weighted by Gasteiger charge is 2.26. The van der Waals surface area contributed by atoms with Gasteiger partial charge in [0.15, 0.2) is 5.65 Å². The van der Waals surface area contributed by atoms with Crippen LogP contribution in [0.4, 0.5) is 15.9 Å². The standard InChI is InChI=1S/C20H17FN6.ClH/c21-14-6-5-12(9-15(14)22)17-16-18(23)24-19(25-20(16)27-26-17)13-7-10-3-1-2-4-11(10)8-13;/h1-6,9,13H,7-8,22H2,(H3,23,24,25,26,27);1H. The topological polar surface area (TPSA) is 106 Å². The second kappa shape index (κ2) is 6.76. The lowest BCUT2D eigenvalue weighted by Crippen LogP contribution is -2.07. The summed E-state index contributed by atoms with van der Waals surface area (Å²) in [6, 6.07) is 12.8. The largest absolute Gasteiger partial charge is 0.396 e. The maximum absolute atomic E-state index is 13.5. The molecule has 6 nitrogen and oxygen atoms in total. The van der Waals surface area contributed by atoms with Crippen molar-refractivity contribution in [3.05, 3.63) is 65.2 Å². The Bertz CT molecular complexity index is 1160. The lowest BCUT2D eigenvalue weighted by Gasteiger charge is -2.09. The van der Waals surface area contributed by atoms with E-state index in [2.05, 4.69) is 44.4 Å². The van der Waals surface area contributed by atoms with E-state index in [0.717, 1.165) is 12.8 Å². The van der Waals surface area contributed by atoms with Crippen LogP contribution in [0.25, 0.3) is 22.3 Å². The second-order valence-corrected chi connectivity index (χ2v) is 6.87. The average Bonchev–Trinajstić information content (AvgIpc) is 3.28. The number of nitrogens with one attached hydrogen (secondary N) is 1. The lowest BCUT2D eigenvalue weighted by atomic mass is 10.0. The Morgan fingerprint density at radius 3 is 2.39 bits per heavy atom. The zero-order chi connectivity index (χ0) is 18.5. The molecular formula is C20H18ClFN6. The molecule has 28 heavy (non-hydrogen) atoms. The van der Waals surface area contributed by atoms with Gasteiger partial charge in [0.2, 0.25) is 0 Å². The first-order chi connectivity index (χ1) is 13.1. The number of aromatic amines is 1. The molecule has 0 atom stereocenters. The summed E-state index contributed by atoms with van der Waals surface area (Å²) in [4.78, 5) is 9.24. The summed E-state index contributed by atoms with van der Waals surface area (Å²) < 4.78 is 13.5. The number of halogens is 2. The van der Waals surface area contributed by atoms with Crippen LogP contribution in [-0.2, 0) is 12.8 Å². The van der Waals surface area contributed by atoms with Crippen molar-refractivity contribution < 1.29 is 4.39 Å². The van der Waals surface area contributed by atoms with Crippen molar-refractivity contribution in [2.75, 3.05) is 11.5 Å². The third kappa shape index (κ3) is 2.84. The Morgan fingerprint density at radius 2 is 1.71 bits per heavy atom. The fourth-order valence-corrected chi connectivity index (χ4v) is 3.80. The van der Waals surface area contributed by atoms with Crippen LogP contribution in [0.3, 0.4) is 0 Å². The van der Waals surface area contributed by atoms with Crippen molar-refractivity contribution in [2.45, 2.75) is 18.8 Å². The van der Waals surface area contributed by atoms with Gasteiger partial charge in [0.25, 0.3) is 0 Å². The summed E-state index contributed by atoms with van der Waals surface area (Å²) in [6.07, 6.45) is 1.80. The number of nitrogens with two attached hydrogens (primary N) is 2. The molecule has 5 rings (SSSR count). The highest BCUT2D eigenvalue weighted by Crippen LogP contribution is 2.35. The van der Waals surface area contributed by atoms with E-state index in [4.69, 9.17) is 11.5 Å². The molecule has 0 saturated carbocycles. The number of benzene rings is 2. The van der Waals surface area contributed by atoms with Gasteiger partial charge in [0.1, 0.15) is 23.2 Å². The molecule has 4 aromatic rings. The van der Waals surface area contributed by atoms with Gasteiger partial charge in [-0.25, -0.2) is 14.4 Å². The molecule has 0 unspecified atom stereocenters. The molecule has 0 saturated heterocycles. The van der Waals surface area contributed by atoms with Gasteiger partial charge in [-0.1, -0.05) is 24.3 Å². The quantitative estimate of drug-likeness (QED) is 0.448. The van der Waals surface area contributed by atoms with E-state index in [0.29, 0.717) is 33.9 Å². The van der Waals surface area contributed by atoms with Crippen LogP contribution >= 0.6 is 12.4 Å². The number of nitrogens with zero attached hydrogens (tertiary/aromatic N) is 3. The molecule has 0 bridgehead atoms. The Morgan fingerprint density at radius 1 is 1.00 bits per heavy atom. The van der Waals surface area contributed by atoms with Crippen molar-refractivity contribution in [3.63, 3.8) is 0 Å². The van der Waals surface area contributed by atoms with Crippen molar-refractivity contribution in [1.82, 2.24) is 20.2 Å². The maximum Gasteiger partial charge on any atom is 0.161 e. The van der Waals surface area contributed by atoms with E-state index in [-0.39, 0.29) is 24.0 Å². The summed E-state index contributed by atoms with van der Waals surface area (Å²) in [5.41, 5.74) is 16.5. The summed E-state index contributed by atoms with van der Waals surface area (Å²) >= 11 is 0. The van der Waals surface area contributed by atoms with E-state index < -0.39 is 5.82 Å². The minimum Gasteiger partial charge on any atom is -0.396 e. The molecule has 1 aliphatic rings. The van der Waals surface area contributed by atoms with Crippen molar-refractivity contribution in [1.29, 1.82) is 0 Å². The number of aromatic nitrogens is 4. The molecular weight excluding hydrogens is 379 g/mol. The van der Waals surface area contributed by atoms with E-state index in [1.54, 1.807) is 6.07 Å². The Kier molecular flexibility index (Phi) is 4.39. The summed E-state index contributed by atoms with van der Waals surface area (Å²) in [5, 5.41) is 7.88. The molecule has 142 valence electrons. The van der Waals surface area contributed by atoms with Gasteiger partial charge in [-0.05, 0) is 42.2 Å². The summed E-state index contributed by atoms with van der Waals surface area (Å²) in [6.45, 7) is 0. The van der Waals surface area contributed by atoms with Crippen LogP contribution < -0.4 is 11.5 Å². The molecule has 2 heterocycles. The maximum atomic E-state index is 13.5. The van der Waals surface area contributed by atoms with Crippen LogP contribution in [-0.4, -0.2) is 20.2 Å². The zero-order valence-corrected chi connectivity index (χ0v) is 15.6. The number of anilines is 2. The smallest absolute Gasteiger partial charge is 0.161 e. The number of fused-ring (bicyclic) bond motifs is 2. The first kappa shape index (κ1) is 18.2. The number of hydrogen-bond acceptors (Lipinski definition) is 5. The van der Waals surface area contributed by atoms with Crippen LogP contribution in [0, 0.1) is 5.82 Å². The highest BCUT2D eigenvalue weighted by atomic mass is 35.5. The van der Waals surface area contributed by atoms with Crippen LogP contribution in [0.2, 0.25) is 0 Å². The third-order valence-corrected chi connectivity index (χ3v) is 5.15. The Labute approximate surface area is 166 Å². The monoisotopic (exact) mass is 396 g/mol. The Hall–Kier alpha value is -3.19. The number of rotatable bonds is 2. The predicted octanol–water partition coefficient (Wildman–Crippen LogP) is 3.63. The first-order valence-corrected chi connectivity index (χ1v) is 8.74. The molecule has 0 spiro atoms. The molecule has 0 fully saturated rings. The molecule has 0 amide bonds. The predicted molar refractivity (Wildman–Crippen MR) is 110 cm³/mol. The van der Waals surface area contributed by atoms with Crippen molar-refractivity contribution >= 4 is 34.9 Å². The fourth-order valence-electron chi connectivity index (χ4n) is 3.80. The SMILES string of the molecule is Cl.Nc1cc(-c2n[nH]c3nc(C4Cc5ccccc5C4)nc(N)c23)ccc1F. The van der Waals surface area contributed by atoms with Gasteiger partial charge in [0.05, 0.1) is 11.1 Å². The van der Waals surface area contributed by atoms with E-state index >= 15 is 0 Å². The van der Waals surface area contributed by atoms with Gasteiger partial charge in [0, 0.05) is 11.5 Å². The molecule has 2 aromatic heterocycles. The molecule has 0 aliphatic heterocycles. The molecule has 8 heteroatoms. The summed E-state index contributed by atoms with van der Waals surface area (Å²) in [7, 11) is 0. The van der Waals surface area contributed by atoms with Gasteiger partial charge in [-0.3, -0.25) is 5.10 Å². The zero-order valence-electron chi connectivity index (χ0n) is 14.8. The van der Waals surface area contributed by atoms with Crippen LogP contribution in [0.15, 0.2) is 42.5 Å². The average molecular weight is 397 g/mol. The normalized spacial score (nSPS) is 13.5. The van der Waals surface area contributed by atoms with Gasteiger partial charge in [-0.2, -0.15) is 5.10 Å². The number of hydrogen-bond donors (Lipinski definition) is 3. The fraction of sp³-hybridized carbons (Fsp3) is 0.150. The van der Waals surface area contributed by atoms with Crippen molar-refractivity contribution in [2.24, 2.45) is 0 Å². The third-order valence-electron chi connectivity index (χ3n) is 5.15.